The van der Waals surface area contributed by atoms with E-state index in [0.29, 0.717) is 30.3 Å². The van der Waals surface area contributed by atoms with Gasteiger partial charge in [-0.15, -0.1) is 5.10 Å². The minimum Gasteiger partial charge on any atom is -0.406 e. The summed E-state index contributed by atoms with van der Waals surface area (Å²) in [5.41, 5.74) is 5.72. The number of carbonyl (C=O) groups excluding carboxylic acids is 1. The third-order valence-electron chi connectivity index (χ3n) is 3.91. The van der Waals surface area contributed by atoms with E-state index in [9.17, 15) is 4.79 Å². The average Bonchev–Trinajstić information content (AvgIpc) is 2.88. The molecule has 3 atom stereocenters. The van der Waals surface area contributed by atoms with Crippen LogP contribution in [0.2, 0.25) is 0 Å². The van der Waals surface area contributed by atoms with E-state index in [1.165, 1.54) is 0 Å². The molecule has 1 aromatic rings. The monoisotopic (exact) mass is 265 g/mol. The molecule has 2 aliphatic rings. The Labute approximate surface area is 111 Å². The molecular weight excluding hydrogens is 246 g/mol. The molecule has 0 radical (unpaired) electrons. The lowest BCUT2D eigenvalue weighted by molar-refractivity contribution is -0.124. The second kappa shape index (κ2) is 4.80. The van der Waals surface area contributed by atoms with Gasteiger partial charge in [0.05, 0.1) is 6.04 Å². The van der Waals surface area contributed by atoms with Gasteiger partial charge in [-0.1, -0.05) is 5.10 Å². The van der Waals surface area contributed by atoms with Crippen LogP contribution in [-0.2, 0) is 4.79 Å². The van der Waals surface area contributed by atoms with Crippen molar-refractivity contribution in [3.05, 3.63) is 5.89 Å². The lowest BCUT2D eigenvalue weighted by Gasteiger charge is -2.40. The Balaban J connectivity index is 1.68. The van der Waals surface area contributed by atoms with Gasteiger partial charge >= 0.3 is 6.01 Å². The number of aromatic nitrogens is 2. The molecular formula is C12H19N5O2. The normalized spacial score (nSPS) is 28.7. The van der Waals surface area contributed by atoms with Gasteiger partial charge < -0.3 is 20.4 Å². The van der Waals surface area contributed by atoms with Crippen LogP contribution in [0.1, 0.15) is 38.1 Å². The summed E-state index contributed by atoms with van der Waals surface area (Å²) >= 11 is 0. The number of hydrogen-bond donors (Lipinski definition) is 2. The van der Waals surface area contributed by atoms with Crippen LogP contribution in [0.5, 0.6) is 0 Å². The lowest BCUT2D eigenvalue weighted by atomic mass is 9.85. The average molecular weight is 265 g/mol. The SMILES string of the molecule is CC(N)c1nnc(N2CCC3NC(=O)CCC3C2)o1. The number of nitrogens with two attached hydrogens (primary N) is 1. The van der Waals surface area contributed by atoms with Gasteiger partial charge in [0.25, 0.3) is 0 Å². The van der Waals surface area contributed by atoms with E-state index in [2.05, 4.69) is 20.4 Å². The van der Waals surface area contributed by atoms with Crippen LogP contribution < -0.4 is 16.0 Å². The molecule has 3 rings (SSSR count). The Bertz CT molecular complexity index is 472. The van der Waals surface area contributed by atoms with Gasteiger partial charge in [-0.05, 0) is 25.7 Å². The van der Waals surface area contributed by atoms with E-state index >= 15 is 0 Å². The maximum atomic E-state index is 11.4. The van der Waals surface area contributed by atoms with Gasteiger partial charge in [0.2, 0.25) is 11.8 Å². The largest absolute Gasteiger partial charge is 0.406 e. The molecule has 3 heterocycles. The molecule has 1 amide bonds. The molecule has 104 valence electrons. The molecule has 3 N–H and O–H groups in total. The highest BCUT2D eigenvalue weighted by Crippen LogP contribution is 2.28. The van der Waals surface area contributed by atoms with Crippen LogP contribution in [0.3, 0.4) is 0 Å². The highest BCUT2D eigenvalue weighted by atomic mass is 16.4. The lowest BCUT2D eigenvalue weighted by Crippen LogP contribution is -2.54. The fourth-order valence-corrected chi connectivity index (χ4v) is 2.82. The molecule has 2 saturated heterocycles. The van der Waals surface area contributed by atoms with Gasteiger partial charge in [0, 0.05) is 25.6 Å². The molecule has 2 fully saturated rings. The maximum Gasteiger partial charge on any atom is 0.318 e. The first kappa shape index (κ1) is 12.4. The summed E-state index contributed by atoms with van der Waals surface area (Å²) < 4.78 is 5.58. The van der Waals surface area contributed by atoms with Crippen LogP contribution in [-0.4, -0.2) is 35.2 Å². The summed E-state index contributed by atoms with van der Waals surface area (Å²) in [4.78, 5) is 13.5. The van der Waals surface area contributed by atoms with Crippen molar-refractivity contribution in [1.29, 1.82) is 0 Å². The Morgan fingerprint density at radius 1 is 1.47 bits per heavy atom. The fourth-order valence-electron chi connectivity index (χ4n) is 2.82. The second-order valence-corrected chi connectivity index (χ2v) is 5.42. The first-order valence-corrected chi connectivity index (χ1v) is 6.77. The van der Waals surface area contributed by atoms with Gasteiger partial charge in [-0.25, -0.2) is 0 Å². The topological polar surface area (TPSA) is 97.3 Å². The first-order chi connectivity index (χ1) is 9.13. The first-order valence-electron chi connectivity index (χ1n) is 6.77. The molecule has 0 spiro atoms. The molecule has 7 nitrogen and oxygen atoms in total. The molecule has 2 aliphatic heterocycles. The van der Waals surface area contributed by atoms with Crippen molar-refractivity contribution < 1.29 is 9.21 Å². The summed E-state index contributed by atoms with van der Waals surface area (Å²) in [6.07, 6.45) is 2.47. The molecule has 0 aromatic carbocycles. The standard InChI is InChI=1S/C12H19N5O2/c1-7(13)11-15-16-12(19-11)17-5-4-9-8(6-17)2-3-10(18)14-9/h7-9H,2-6,13H2,1H3,(H,14,18). The zero-order valence-electron chi connectivity index (χ0n) is 11.0. The van der Waals surface area contributed by atoms with E-state index in [0.717, 1.165) is 25.9 Å². The van der Waals surface area contributed by atoms with Crippen LogP contribution in [0.4, 0.5) is 6.01 Å². The highest BCUT2D eigenvalue weighted by Gasteiger charge is 2.35. The zero-order valence-corrected chi connectivity index (χ0v) is 11.0. The van der Waals surface area contributed by atoms with E-state index in [-0.39, 0.29) is 11.9 Å². The number of anilines is 1. The minimum atomic E-state index is -0.243. The maximum absolute atomic E-state index is 11.4. The van der Waals surface area contributed by atoms with E-state index < -0.39 is 0 Å². The van der Waals surface area contributed by atoms with E-state index in [4.69, 9.17) is 10.2 Å². The van der Waals surface area contributed by atoms with Crippen molar-refractivity contribution in [3.63, 3.8) is 0 Å². The minimum absolute atomic E-state index is 0.173. The van der Waals surface area contributed by atoms with Crippen molar-refractivity contribution in [1.82, 2.24) is 15.5 Å². The van der Waals surface area contributed by atoms with Crippen LogP contribution in [0.25, 0.3) is 0 Å². The zero-order chi connectivity index (χ0) is 13.4. The van der Waals surface area contributed by atoms with Crippen molar-refractivity contribution in [2.45, 2.75) is 38.3 Å². The van der Waals surface area contributed by atoms with Gasteiger partial charge in [-0.3, -0.25) is 4.79 Å². The number of hydrogen-bond acceptors (Lipinski definition) is 6. The number of carbonyl (C=O) groups is 1. The molecule has 0 aliphatic carbocycles. The van der Waals surface area contributed by atoms with Gasteiger partial charge in [-0.2, -0.15) is 0 Å². The molecule has 3 unspecified atom stereocenters. The molecule has 0 saturated carbocycles. The summed E-state index contributed by atoms with van der Waals surface area (Å²) in [5.74, 6) is 1.11. The predicted octanol–water partition coefficient (Wildman–Crippen LogP) is 0.194. The fraction of sp³-hybridized carbons (Fsp3) is 0.750. The summed E-state index contributed by atoms with van der Waals surface area (Å²) in [7, 11) is 0. The van der Waals surface area contributed by atoms with Gasteiger partial charge in [0.1, 0.15) is 0 Å². The summed E-state index contributed by atoms with van der Waals surface area (Å²) in [6, 6.07) is 0.601. The quantitative estimate of drug-likeness (QED) is 0.792. The highest BCUT2D eigenvalue weighted by molar-refractivity contribution is 5.77. The second-order valence-electron chi connectivity index (χ2n) is 5.42. The Hall–Kier alpha value is -1.63. The smallest absolute Gasteiger partial charge is 0.318 e. The summed E-state index contributed by atoms with van der Waals surface area (Å²) in [5, 5.41) is 11.1. The van der Waals surface area contributed by atoms with Gasteiger partial charge in [0.15, 0.2) is 0 Å². The summed E-state index contributed by atoms with van der Waals surface area (Å²) in [6.45, 7) is 3.49. The number of nitrogens with zero attached hydrogens (tertiary/aromatic N) is 3. The molecule has 19 heavy (non-hydrogen) atoms. The van der Waals surface area contributed by atoms with Crippen LogP contribution >= 0.6 is 0 Å². The van der Waals surface area contributed by atoms with Crippen molar-refractivity contribution >= 4 is 11.9 Å². The number of piperidine rings is 2. The number of nitrogens with one attached hydrogen (secondary N) is 1. The number of fused-ring (bicyclic) bond motifs is 1. The molecule has 0 bridgehead atoms. The van der Waals surface area contributed by atoms with E-state index in [1.54, 1.807) is 0 Å². The molecule has 7 heteroatoms. The van der Waals surface area contributed by atoms with Crippen LogP contribution in [0, 0.1) is 5.92 Å². The Kier molecular flexibility index (Phi) is 3.14. The van der Waals surface area contributed by atoms with Crippen LogP contribution in [0.15, 0.2) is 4.42 Å². The third kappa shape index (κ3) is 2.42. The number of amides is 1. The predicted molar refractivity (Wildman–Crippen MR) is 68.4 cm³/mol. The molecule has 1 aromatic heterocycles. The van der Waals surface area contributed by atoms with E-state index in [1.807, 2.05) is 6.92 Å². The van der Waals surface area contributed by atoms with Crippen molar-refractivity contribution in [2.24, 2.45) is 11.7 Å². The third-order valence-corrected chi connectivity index (χ3v) is 3.91. The Morgan fingerprint density at radius 3 is 3.05 bits per heavy atom. The number of rotatable bonds is 2. The Morgan fingerprint density at radius 2 is 2.32 bits per heavy atom. The van der Waals surface area contributed by atoms with Crippen molar-refractivity contribution in [2.75, 3.05) is 18.0 Å². The van der Waals surface area contributed by atoms with Crippen molar-refractivity contribution in [3.8, 4) is 0 Å².